The van der Waals surface area contributed by atoms with E-state index in [-0.39, 0.29) is 22.9 Å². The molecule has 1 unspecified atom stereocenters. The molecule has 6 nitrogen and oxygen atoms in total. The van der Waals surface area contributed by atoms with Crippen LogP contribution in [0.25, 0.3) is 0 Å². The quantitative estimate of drug-likeness (QED) is 0.419. The third kappa shape index (κ3) is 4.75. The molecule has 2 amide bonds. The second-order valence-corrected chi connectivity index (χ2v) is 7.60. The van der Waals surface area contributed by atoms with Gasteiger partial charge in [-0.2, -0.15) is 0 Å². The van der Waals surface area contributed by atoms with Gasteiger partial charge in [-0.3, -0.25) is 19.2 Å². The van der Waals surface area contributed by atoms with E-state index in [1.807, 2.05) is 6.92 Å². The molecule has 1 aliphatic rings. The van der Waals surface area contributed by atoms with E-state index < -0.39 is 29.4 Å². The lowest BCUT2D eigenvalue weighted by atomic mass is 9.79. The zero-order valence-corrected chi connectivity index (χ0v) is 17.0. The van der Waals surface area contributed by atoms with Gasteiger partial charge >= 0.3 is 0 Å². The Kier molecular flexibility index (Phi) is 6.20. The molecule has 1 atom stereocenters. The molecule has 0 aliphatic carbocycles. The summed E-state index contributed by atoms with van der Waals surface area (Å²) in [5.41, 5.74) is 1.64. The number of thiocarbonyl (C=S) groups is 1. The van der Waals surface area contributed by atoms with Crippen LogP contribution < -0.4 is 10.6 Å². The van der Waals surface area contributed by atoms with Crippen LogP contribution in [0.5, 0.6) is 0 Å². The number of ketones is 2. The van der Waals surface area contributed by atoms with Gasteiger partial charge in [0, 0.05) is 22.6 Å². The summed E-state index contributed by atoms with van der Waals surface area (Å²) in [4.78, 5) is 50.9. The highest BCUT2D eigenvalue weighted by Gasteiger charge is 2.43. The van der Waals surface area contributed by atoms with Gasteiger partial charge in [-0.05, 0) is 43.4 Å². The van der Waals surface area contributed by atoms with Crippen molar-refractivity contribution in [2.45, 2.75) is 13.3 Å². The summed E-state index contributed by atoms with van der Waals surface area (Å²) in [5.74, 6) is -4.81. The molecule has 3 rings (SSSR count). The number of halogens is 1. The molecule has 8 heteroatoms. The van der Waals surface area contributed by atoms with Crippen molar-refractivity contribution in [2.24, 2.45) is 11.8 Å². The minimum atomic E-state index is -1.38. The highest BCUT2D eigenvalue weighted by atomic mass is 35.5. The Balaban J connectivity index is 1.95. The van der Waals surface area contributed by atoms with Gasteiger partial charge in [-0.25, -0.2) is 0 Å². The highest BCUT2D eigenvalue weighted by Crippen LogP contribution is 2.26. The average molecular weight is 429 g/mol. The first-order valence-corrected chi connectivity index (χ1v) is 9.60. The van der Waals surface area contributed by atoms with Crippen molar-refractivity contribution in [1.29, 1.82) is 0 Å². The van der Waals surface area contributed by atoms with Crippen LogP contribution in [-0.4, -0.2) is 28.5 Å². The Hall–Kier alpha value is -2.90. The number of carbonyl (C=O) groups excluding carboxylic acids is 4. The molecule has 2 N–H and O–H groups in total. The van der Waals surface area contributed by atoms with E-state index in [0.717, 1.165) is 5.56 Å². The first-order valence-electron chi connectivity index (χ1n) is 8.81. The lowest BCUT2D eigenvalue weighted by molar-refractivity contribution is -0.136. The van der Waals surface area contributed by atoms with Crippen LogP contribution in [0, 0.1) is 18.8 Å². The number of carbonyl (C=O) groups is 4. The molecular weight excluding hydrogens is 412 g/mol. The Bertz CT molecular complexity index is 982. The molecule has 0 saturated carbocycles. The van der Waals surface area contributed by atoms with Crippen LogP contribution in [0.1, 0.15) is 32.7 Å². The monoisotopic (exact) mass is 428 g/mol. The molecule has 148 valence electrons. The molecule has 29 heavy (non-hydrogen) atoms. The van der Waals surface area contributed by atoms with Crippen molar-refractivity contribution in [3.8, 4) is 0 Å². The normalized spacial score (nSPS) is 15.4. The van der Waals surface area contributed by atoms with Gasteiger partial charge in [0.05, 0.1) is 5.92 Å². The van der Waals surface area contributed by atoms with Crippen LogP contribution >= 0.6 is 23.8 Å². The van der Waals surface area contributed by atoms with E-state index in [1.165, 1.54) is 24.3 Å². The first kappa shape index (κ1) is 20.8. The van der Waals surface area contributed by atoms with E-state index in [9.17, 15) is 19.2 Å². The fourth-order valence-electron chi connectivity index (χ4n) is 3.14. The maximum atomic E-state index is 13.2. The van der Waals surface area contributed by atoms with Crippen LogP contribution in [0.15, 0.2) is 48.5 Å². The van der Waals surface area contributed by atoms with E-state index in [0.29, 0.717) is 10.6 Å². The molecule has 1 aliphatic heterocycles. The zero-order chi connectivity index (χ0) is 21.1. The number of aryl methyl sites for hydroxylation is 1. The lowest BCUT2D eigenvalue weighted by Crippen LogP contribution is -2.58. The third-order valence-electron chi connectivity index (χ3n) is 4.69. The molecule has 0 spiro atoms. The molecule has 1 fully saturated rings. The van der Waals surface area contributed by atoms with Crippen LogP contribution in [-0.2, 0) is 9.59 Å². The van der Waals surface area contributed by atoms with E-state index >= 15 is 0 Å². The van der Waals surface area contributed by atoms with Crippen molar-refractivity contribution < 1.29 is 19.2 Å². The predicted molar refractivity (Wildman–Crippen MR) is 112 cm³/mol. The Morgan fingerprint density at radius 3 is 2.03 bits per heavy atom. The molecule has 0 aromatic heterocycles. The highest BCUT2D eigenvalue weighted by molar-refractivity contribution is 7.80. The first-order chi connectivity index (χ1) is 13.8. The molecule has 1 heterocycles. The van der Waals surface area contributed by atoms with Gasteiger partial charge in [0.25, 0.3) is 0 Å². The molecule has 2 aromatic carbocycles. The number of amides is 2. The molecule has 0 radical (unpaired) electrons. The smallest absolute Gasteiger partial charge is 0.239 e. The summed E-state index contributed by atoms with van der Waals surface area (Å²) >= 11 is 10.7. The van der Waals surface area contributed by atoms with Crippen molar-refractivity contribution in [3.05, 3.63) is 70.2 Å². The fourth-order valence-corrected chi connectivity index (χ4v) is 3.47. The Morgan fingerprint density at radius 2 is 1.48 bits per heavy atom. The summed E-state index contributed by atoms with van der Waals surface area (Å²) in [6.07, 6.45) is -0.303. The Morgan fingerprint density at radius 1 is 0.966 bits per heavy atom. The van der Waals surface area contributed by atoms with E-state index in [2.05, 4.69) is 10.6 Å². The molecule has 2 aromatic rings. The van der Waals surface area contributed by atoms with Crippen molar-refractivity contribution in [1.82, 2.24) is 10.6 Å². The largest absolute Gasteiger partial charge is 0.302 e. The number of nitrogens with one attached hydrogen (secondary N) is 2. The minimum Gasteiger partial charge on any atom is -0.302 e. The molecule has 1 saturated heterocycles. The number of benzene rings is 2. The average Bonchev–Trinajstić information content (AvgIpc) is 2.67. The summed E-state index contributed by atoms with van der Waals surface area (Å²) in [5, 5.41) is 5.02. The van der Waals surface area contributed by atoms with Gasteiger partial charge in [-0.1, -0.05) is 41.4 Å². The fraction of sp³-hybridized carbons (Fsp3) is 0.190. The number of hydrogen-bond acceptors (Lipinski definition) is 5. The van der Waals surface area contributed by atoms with Gasteiger partial charge in [0.15, 0.2) is 16.7 Å². The minimum absolute atomic E-state index is 0.126. The van der Waals surface area contributed by atoms with Gasteiger partial charge in [0.1, 0.15) is 5.92 Å². The van der Waals surface area contributed by atoms with Crippen LogP contribution in [0.2, 0.25) is 5.02 Å². The molecular formula is C21H17ClN2O4S. The maximum absolute atomic E-state index is 13.2. The predicted octanol–water partition coefficient (Wildman–Crippen LogP) is 2.87. The van der Waals surface area contributed by atoms with Crippen LogP contribution in [0.3, 0.4) is 0 Å². The summed E-state index contributed by atoms with van der Waals surface area (Å²) in [7, 11) is 0. The van der Waals surface area contributed by atoms with E-state index in [4.69, 9.17) is 23.8 Å². The summed E-state index contributed by atoms with van der Waals surface area (Å²) in [6, 6.07) is 12.9. The molecule has 0 bridgehead atoms. The van der Waals surface area contributed by atoms with Crippen molar-refractivity contribution in [3.63, 3.8) is 0 Å². The summed E-state index contributed by atoms with van der Waals surface area (Å²) in [6.45, 7) is 1.89. The van der Waals surface area contributed by atoms with Crippen LogP contribution in [0.4, 0.5) is 0 Å². The van der Waals surface area contributed by atoms with Gasteiger partial charge < -0.3 is 10.6 Å². The van der Waals surface area contributed by atoms with Crippen molar-refractivity contribution >= 4 is 52.3 Å². The SMILES string of the molecule is Cc1ccc(C(=O)CC(C(=O)c2ccc(Cl)cc2)C2C(=O)NC(=S)NC2=O)cc1. The summed E-state index contributed by atoms with van der Waals surface area (Å²) < 4.78 is 0. The van der Waals surface area contributed by atoms with Gasteiger partial charge in [-0.15, -0.1) is 0 Å². The van der Waals surface area contributed by atoms with Gasteiger partial charge in [0.2, 0.25) is 11.8 Å². The second-order valence-electron chi connectivity index (χ2n) is 6.76. The maximum Gasteiger partial charge on any atom is 0.239 e. The topological polar surface area (TPSA) is 92.3 Å². The number of Topliss-reactive ketones (excluding diaryl/α,β-unsaturated/α-hetero) is 2. The standard InChI is InChI=1S/C21H17ClN2O4S/c1-11-2-4-12(5-3-11)16(25)10-15(17-19(27)23-21(29)24-20(17)28)18(26)13-6-8-14(22)9-7-13/h2-9,15,17H,10H2,1H3,(H2,23,24,27,28,29). The Labute approximate surface area is 177 Å². The number of rotatable bonds is 6. The van der Waals surface area contributed by atoms with Crippen molar-refractivity contribution in [2.75, 3.05) is 0 Å². The zero-order valence-electron chi connectivity index (χ0n) is 15.4. The second kappa shape index (κ2) is 8.63. The lowest BCUT2D eigenvalue weighted by Gasteiger charge is -2.28. The third-order valence-corrected chi connectivity index (χ3v) is 5.14. The number of hydrogen-bond donors (Lipinski definition) is 2. The van der Waals surface area contributed by atoms with E-state index in [1.54, 1.807) is 24.3 Å².